The van der Waals surface area contributed by atoms with Crippen molar-refractivity contribution in [3.63, 3.8) is 0 Å². The number of carbonyl (C=O) groups is 3. The zero-order chi connectivity index (χ0) is 28.0. The maximum Gasteiger partial charge on any atom is 0.408 e. The molecule has 0 aliphatic heterocycles. The highest BCUT2D eigenvalue weighted by Crippen LogP contribution is 2.39. The number of amides is 2. The lowest BCUT2D eigenvalue weighted by Gasteiger charge is -2.45. The van der Waals surface area contributed by atoms with Crippen molar-refractivity contribution in [2.24, 2.45) is 17.8 Å². The SMILES string of the molecule is CC1CCC(C(C)C)C(O)(NC(=O)CC(C(=O)OCC(C)(C)NC(=O)OC(C)(C)C)c2ccccc2)C1. The first-order valence-corrected chi connectivity index (χ1v) is 13.3. The monoisotopic (exact) mass is 518 g/mol. The van der Waals surface area contributed by atoms with Gasteiger partial charge in [0.1, 0.15) is 17.9 Å². The van der Waals surface area contributed by atoms with Crippen molar-refractivity contribution in [1.82, 2.24) is 10.6 Å². The number of hydrogen-bond donors (Lipinski definition) is 3. The molecule has 1 aliphatic rings. The number of rotatable bonds is 9. The largest absolute Gasteiger partial charge is 0.463 e. The van der Waals surface area contributed by atoms with Crippen LogP contribution in [0.4, 0.5) is 4.79 Å². The second-order valence-corrected chi connectivity index (χ2v) is 12.5. The summed E-state index contributed by atoms with van der Waals surface area (Å²) in [4.78, 5) is 38.6. The van der Waals surface area contributed by atoms with E-state index >= 15 is 0 Å². The van der Waals surface area contributed by atoms with Crippen LogP contribution in [0, 0.1) is 17.8 Å². The van der Waals surface area contributed by atoms with Gasteiger partial charge in [-0.1, -0.05) is 57.5 Å². The summed E-state index contributed by atoms with van der Waals surface area (Å²) in [6, 6.07) is 8.98. The Morgan fingerprint density at radius 2 is 1.70 bits per heavy atom. The number of alkyl carbamates (subject to hydrolysis) is 1. The molecule has 3 N–H and O–H groups in total. The molecular formula is C29H46N2O6. The van der Waals surface area contributed by atoms with Gasteiger partial charge < -0.3 is 25.2 Å². The maximum absolute atomic E-state index is 13.2. The summed E-state index contributed by atoms with van der Waals surface area (Å²) < 4.78 is 10.9. The van der Waals surface area contributed by atoms with Gasteiger partial charge in [-0.3, -0.25) is 9.59 Å². The quantitative estimate of drug-likeness (QED) is 0.316. The number of benzene rings is 1. The van der Waals surface area contributed by atoms with E-state index in [4.69, 9.17) is 9.47 Å². The number of esters is 1. The van der Waals surface area contributed by atoms with Crippen LogP contribution in [-0.2, 0) is 19.1 Å². The summed E-state index contributed by atoms with van der Waals surface area (Å²) in [5.74, 6) is -1.42. The topological polar surface area (TPSA) is 114 Å². The Kier molecular flexibility index (Phi) is 10.2. The van der Waals surface area contributed by atoms with Gasteiger partial charge in [-0.25, -0.2) is 4.79 Å². The van der Waals surface area contributed by atoms with Crippen LogP contribution in [-0.4, -0.2) is 46.5 Å². The summed E-state index contributed by atoms with van der Waals surface area (Å²) in [6.45, 7) is 14.8. The Hall–Kier alpha value is -2.61. The van der Waals surface area contributed by atoms with Crippen molar-refractivity contribution in [2.45, 2.75) is 104 Å². The molecule has 1 aromatic carbocycles. The molecule has 8 nitrogen and oxygen atoms in total. The smallest absolute Gasteiger partial charge is 0.408 e. The van der Waals surface area contributed by atoms with E-state index in [0.29, 0.717) is 12.0 Å². The Balaban J connectivity index is 2.12. The molecule has 0 spiro atoms. The van der Waals surface area contributed by atoms with Crippen molar-refractivity contribution < 1.29 is 29.0 Å². The second-order valence-electron chi connectivity index (χ2n) is 12.5. The summed E-state index contributed by atoms with van der Waals surface area (Å²) >= 11 is 0. The molecule has 1 fully saturated rings. The van der Waals surface area contributed by atoms with Gasteiger partial charge in [0.2, 0.25) is 5.91 Å². The van der Waals surface area contributed by atoms with Crippen molar-refractivity contribution in [1.29, 1.82) is 0 Å². The Morgan fingerprint density at radius 1 is 1.08 bits per heavy atom. The Morgan fingerprint density at radius 3 is 2.27 bits per heavy atom. The van der Waals surface area contributed by atoms with Gasteiger partial charge in [-0.2, -0.15) is 0 Å². The predicted octanol–water partition coefficient (Wildman–Crippen LogP) is 4.90. The molecule has 1 saturated carbocycles. The summed E-state index contributed by atoms with van der Waals surface area (Å²) in [5, 5.41) is 17.0. The number of ether oxygens (including phenoxy) is 2. The zero-order valence-electron chi connectivity index (χ0n) is 23.7. The van der Waals surface area contributed by atoms with Gasteiger partial charge >= 0.3 is 12.1 Å². The normalized spacial score (nSPS) is 23.2. The molecule has 4 unspecified atom stereocenters. The van der Waals surface area contributed by atoms with Crippen LogP contribution in [0.2, 0.25) is 0 Å². The highest BCUT2D eigenvalue weighted by molar-refractivity contribution is 5.87. The molecule has 8 heteroatoms. The van der Waals surface area contributed by atoms with Crippen LogP contribution < -0.4 is 10.6 Å². The fraction of sp³-hybridized carbons (Fsp3) is 0.690. The highest BCUT2D eigenvalue weighted by atomic mass is 16.6. The molecule has 1 aliphatic carbocycles. The Bertz CT molecular complexity index is 924. The van der Waals surface area contributed by atoms with E-state index in [-0.39, 0.29) is 30.8 Å². The molecule has 0 radical (unpaired) electrons. The third kappa shape index (κ3) is 9.65. The third-order valence-corrected chi connectivity index (χ3v) is 6.69. The van der Waals surface area contributed by atoms with Crippen LogP contribution in [0.15, 0.2) is 30.3 Å². The van der Waals surface area contributed by atoms with Crippen molar-refractivity contribution in [2.75, 3.05) is 6.61 Å². The van der Waals surface area contributed by atoms with Crippen molar-refractivity contribution in [3.05, 3.63) is 35.9 Å². The maximum atomic E-state index is 13.2. The number of nitrogens with one attached hydrogen (secondary N) is 2. The van der Waals surface area contributed by atoms with Gasteiger partial charge in [0, 0.05) is 12.3 Å². The van der Waals surface area contributed by atoms with Gasteiger partial charge in [-0.05, 0) is 64.9 Å². The summed E-state index contributed by atoms with van der Waals surface area (Å²) in [7, 11) is 0. The minimum atomic E-state index is -1.31. The molecule has 2 rings (SSSR count). The van der Waals surface area contributed by atoms with Gasteiger partial charge in [0.25, 0.3) is 0 Å². The first-order chi connectivity index (χ1) is 17.0. The predicted molar refractivity (Wildman–Crippen MR) is 143 cm³/mol. The molecule has 1 aromatic rings. The van der Waals surface area contributed by atoms with Crippen LogP contribution in [0.25, 0.3) is 0 Å². The minimum Gasteiger partial charge on any atom is -0.463 e. The minimum absolute atomic E-state index is 0.0606. The van der Waals surface area contributed by atoms with E-state index < -0.39 is 40.8 Å². The molecule has 37 heavy (non-hydrogen) atoms. The van der Waals surface area contributed by atoms with E-state index in [1.165, 1.54) is 0 Å². The molecular weight excluding hydrogens is 472 g/mol. The fourth-order valence-electron chi connectivity index (χ4n) is 4.98. The van der Waals surface area contributed by atoms with E-state index in [1.807, 2.05) is 6.07 Å². The first kappa shape index (κ1) is 30.6. The van der Waals surface area contributed by atoms with Crippen LogP contribution in [0.5, 0.6) is 0 Å². The molecule has 0 aromatic heterocycles. The van der Waals surface area contributed by atoms with E-state index in [2.05, 4.69) is 31.4 Å². The molecule has 4 atom stereocenters. The lowest BCUT2D eigenvalue weighted by atomic mass is 9.71. The number of aliphatic hydroxyl groups is 1. The van der Waals surface area contributed by atoms with Gasteiger partial charge in [0.15, 0.2) is 0 Å². The van der Waals surface area contributed by atoms with E-state index in [0.717, 1.165) is 12.8 Å². The lowest BCUT2D eigenvalue weighted by Crippen LogP contribution is -2.58. The lowest BCUT2D eigenvalue weighted by molar-refractivity contribution is -0.152. The fourth-order valence-corrected chi connectivity index (χ4v) is 4.98. The molecule has 0 bridgehead atoms. The second kappa shape index (κ2) is 12.3. The van der Waals surface area contributed by atoms with Gasteiger partial charge in [-0.15, -0.1) is 0 Å². The third-order valence-electron chi connectivity index (χ3n) is 6.69. The van der Waals surface area contributed by atoms with E-state index in [9.17, 15) is 19.5 Å². The molecule has 208 valence electrons. The van der Waals surface area contributed by atoms with Crippen LogP contribution >= 0.6 is 0 Å². The standard InChI is InChI=1S/C29H46N2O6/c1-19(2)23-15-14-20(3)17-29(23,35)30-24(32)16-22(21-12-10-9-11-13-21)25(33)36-18-28(7,8)31-26(34)37-27(4,5)6/h9-13,19-20,22-23,35H,14-18H2,1-8H3,(H,30,32)(H,31,34). The molecule has 0 heterocycles. The van der Waals surface area contributed by atoms with E-state index in [1.54, 1.807) is 58.9 Å². The highest BCUT2D eigenvalue weighted by Gasteiger charge is 2.44. The average Bonchev–Trinajstić information content (AvgIpc) is 2.74. The number of hydrogen-bond acceptors (Lipinski definition) is 6. The van der Waals surface area contributed by atoms with Crippen molar-refractivity contribution >= 4 is 18.0 Å². The summed E-state index contributed by atoms with van der Waals surface area (Å²) in [5.41, 5.74) is -2.21. The van der Waals surface area contributed by atoms with Crippen molar-refractivity contribution in [3.8, 4) is 0 Å². The average molecular weight is 519 g/mol. The zero-order valence-corrected chi connectivity index (χ0v) is 23.7. The number of carbonyl (C=O) groups excluding carboxylic acids is 3. The molecule has 0 saturated heterocycles. The van der Waals surface area contributed by atoms with Crippen LogP contribution in [0.1, 0.15) is 92.6 Å². The summed E-state index contributed by atoms with van der Waals surface area (Å²) in [6.07, 6.45) is 1.55. The van der Waals surface area contributed by atoms with Gasteiger partial charge in [0.05, 0.1) is 11.5 Å². The Labute approximate surface area is 221 Å². The first-order valence-electron chi connectivity index (χ1n) is 13.3. The molecule has 2 amide bonds. The van der Waals surface area contributed by atoms with Crippen LogP contribution in [0.3, 0.4) is 0 Å².